The van der Waals surface area contributed by atoms with Gasteiger partial charge in [-0.05, 0) is 25.5 Å². The van der Waals surface area contributed by atoms with E-state index in [1.54, 1.807) is 25.1 Å². The summed E-state index contributed by atoms with van der Waals surface area (Å²) in [5.74, 6) is 0.415. The van der Waals surface area contributed by atoms with E-state index in [9.17, 15) is 8.42 Å². The topological polar surface area (TPSA) is 67.4 Å². The zero-order valence-corrected chi connectivity index (χ0v) is 12.1. The number of nitrogens with one attached hydrogen (secondary N) is 2. The summed E-state index contributed by atoms with van der Waals surface area (Å²) in [6, 6.07) is 5.03. The van der Waals surface area contributed by atoms with Crippen LogP contribution in [0.25, 0.3) is 0 Å². The van der Waals surface area contributed by atoms with Crippen molar-refractivity contribution in [2.24, 2.45) is 0 Å². The lowest BCUT2D eigenvalue weighted by Crippen LogP contribution is -2.34. The van der Waals surface area contributed by atoms with Crippen LogP contribution in [0.5, 0.6) is 5.75 Å². The lowest BCUT2D eigenvalue weighted by Gasteiger charge is -2.13. The van der Waals surface area contributed by atoms with E-state index in [1.165, 1.54) is 0 Å². The molecule has 0 fully saturated rings. The van der Waals surface area contributed by atoms with Gasteiger partial charge in [0.2, 0.25) is 10.0 Å². The number of sulfonamides is 1. The van der Waals surface area contributed by atoms with Crippen molar-refractivity contribution in [3.63, 3.8) is 0 Å². The fraction of sp³-hybridized carbons (Fsp3) is 0.538. The monoisotopic (exact) mass is 284 g/mol. The van der Waals surface area contributed by atoms with E-state index in [-0.39, 0.29) is 10.9 Å². The molecule has 1 aliphatic rings. The van der Waals surface area contributed by atoms with Crippen LogP contribution < -0.4 is 14.8 Å². The van der Waals surface area contributed by atoms with E-state index in [2.05, 4.69) is 17.0 Å². The van der Waals surface area contributed by atoms with Gasteiger partial charge in [-0.2, -0.15) is 0 Å². The summed E-state index contributed by atoms with van der Waals surface area (Å²) in [7, 11) is -3.53. The second-order valence-corrected chi connectivity index (χ2v) is 6.40. The summed E-state index contributed by atoms with van der Waals surface area (Å²) < 4.78 is 32.8. The van der Waals surface area contributed by atoms with Crippen molar-refractivity contribution < 1.29 is 13.2 Å². The lowest BCUT2D eigenvalue weighted by atomic mass is 10.2. The fourth-order valence-electron chi connectivity index (χ4n) is 2.02. The molecule has 1 atom stereocenters. The predicted octanol–water partition coefficient (Wildman–Crippen LogP) is 1.96. The Bertz CT molecular complexity index is 543. The number of hydrogen-bond donors (Lipinski definition) is 2. The van der Waals surface area contributed by atoms with Crippen molar-refractivity contribution in [2.45, 2.75) is 37.6 Å². The van der Waals surface area contributed by atoms with E-state index in [4.69, 9.17) is 4.74 Å². The van der Waals surface area contributed by atoms with E-state index >= 15 is 0 Å². The molecule has 106 valence electrons. The highest BCUT2D eigenvalue weighted by Gasteiger charge is 2.28. The fourth-order valence-corrected chi connectivity index (χ4v) is 3.56. The standard InChI is InChI=1S/C13H20N2O3S/c1-3-4-8-14-11-6-5-7-12-13(11)19(16,17)15-10(2)9-18-12/h5-7,10,14-15H,3-4,8-9H2,1-2H3/t10-/m1/s1. The maximum Gasteiger partial charge on any atom is 0.246 e. The summed E-state index contributed by atoms with van der Waals surface area (Å²) in [6.07, 6.45) is 2.05. The molecule has 1 heterocycles. The van der Waals surface area contributed by atoms with Gasteiger partial charge in [0.25, 0.3) is 0 Å². The average Bonchev–Trinajstić information content (AvgIpc) is 2.47. The third-order valence-corrected chi connectivity index (χ3v) is 4.61. The molecule has 6 heteroatoms. The quantitative estimate of drug-likeness (QED) is 0.829. The number of hydrogen-bond acceptors (Lipinski definition) is 4. The van der Waals surface area contributed by atoms with Crippen molar-refractivity contribution in [1.29, 1.82) is 0 Å². The van der Waals surface area contributed by atoms with Crippen molar-refractivity contribution in [1.82, 2.24) is 4.72 Å². The minimum Gasteiger partial charge on any atom is -0.490 e. The van der Waals surface area contributed by atoms with Gasteiger partial charge in [-0.25, -0.2) is 13.1 Å². The van der Waals surface area contributed by atoms with E-state index in [0.29, 0.717) is 18.0 Å². The first-order valence-electron chi connectivity index (χ1n) is 6.56. The second-order valence-electron chi connectivity index (χ2n) is 4.75. The van der Waals surface area contributed by atoms with Crippen molar-refractivity contribution in [3.8, 4) is 5.75 Å². The molecule has 0 bridgehead atoms. The van der Waals surface area contributed by atoms with Crippen LogP contribution in [-0.4, -0.2) is 27.6 Å². The SMILES string of the molecule is CCCCNc1cccc2c1S(=O)(=O)N[C@H](C)CO2. The van der Waals surface area contributed by atoms with Crippen LogP contribution >= 0.6 is 0 Å². The maximum atomic E-state index is 12.3. The van der Waals surface area contributed by atoms with Crippen LogP contribution in [0.3, 0.4) is 0 Å². The normalized spacial score (nSPS) is 21.1. The van der Waals surface area contributed by atoms with Crippen LogP contribution in [0.15, 0.2) is 23.1 Å². The molecule has 0 unspecified atom stereocenters. The van der Waals surface area contributed by atoms with E-state index < -0.39 is 10.0 Å². The molecule has 5 nitrogen and oxygen atoms in total. The van der Waals surface area contributed by atoms with Crippen molar-refractivity contribution >= 4 is 15.7 Å². The summed E-state index contributed by atoms with van der Waals surface area (Å²) in [5.41, 5.74) is 0.604. The summed E-state index contributed by atoms with van der Waals surface area (Å²) in [6.45, 7) is 4.96. The maximum absolute atomic E-state index is 12.3. The van der Waals surface area contributed by atoms with Crippen LogP contribution in [0.4, 0.5) is 5.69 Å². The zero-order valence-electron chi connectivity index (χ0n) is 11.3. The molecule has 19 heavy (non-hydrogen) atoms. The number of fused-ring (bicyclic) bond motifs is 1. The number of anilines is 1. The highest BCUT2D eigenvalue weighted by Crippen LogP contribution is 2.33. The van der Waals surface area contributed by atoms with Gasteiger partial charge in [-0.1, -0.05) is 19.4 Å². The van der Waals surface area contributed by atoms with Crippen LogP contribution in [0, 0.1) is 0 Å². The Balaban J connectivity index is 2.38. The van der Waals surface area contributed by atoms with Gasteiger partial charge in [-0.3, -0.25) is 0 Å². The second kappa shape index (κ2) is 5.79. The molecule has 2 rings (SSSR count). The molecule has 0 saturated carbocycles. The van der Waals surface area contributed by atoms with Crippen molar-refractivity contribution in [2.75, 3.05) is 18.5 Å². The zero-order chi connectivity index (χ0) is 13.9. The number of unbranched alkanes of at least 4 members (excludes halogenated alkanes) is 1. The Morgan fingerprint density at radius 2 is 2.26 bits per heavy atom. The van der Waals surface area contributed by atoms with Crippen LogP contribution in [0.2, 0.25) is 0 Å². The van der Waals surface area contributed by atoms with Gasteiger partial charge in [0, 0.05) is 6.54 Å². The van der Waals surface area contributed by atoms with Gasteiger partial charge in [-0.15, -0.1) is 0 Å². The molecular formula is C13H20N2O3S. The molecule has 0 spiro atoms. The molecule has 2 N–H and O–H groups in total. The Morgan fingerprint density at radius 1 is 1.47 bits per heavy atom. The number of benzene rings is 1. The first-order valence-corrected chi connectivity index (χ1v) is 8.05. The molecule has 0 aliphatic carbocycles. The molecular weight excluding hydrogens is 264 g/mol. The van der Waals surface area contributed by atoms with E-state index in [1.807, 2.05) is 0 Å². The number of ether oxygens (including phenoxy) is 1. The molecule has 0 aromatic heterocycles. The van der Waals surface area contributed by atoms with Gasteiger partial charge < -0.3 is 10.1 Å². The third-order valence-electron chi connectivity index (χ3n) is 2.94. The lowest BCUT2D eigenvalue weighted by molar-refractivity contribution is 0.288. The molecule has 1 aromatic rings. The van der Waals surface area contributed by atoms with Gasteiger partial charge >= 0.3 is 0 Å². The van der Waals surface area contributed by atoms with E-state index in [0.717, 1.165) is 19.4 Å². The smallest absolute Gasteiger partial charge is 0.246 e. The highest BCUT2D eigenvalue weighted by atomic mass is 32.2. The minimum absolute atomic E-state index is 0.218. The molecule has 0 radical (unpaired) electrons. The Morgan fingerprint density at radius 3 is 3.00 bits per heavy atom. The van der Waals surface area contributed by atoms with Gasteiger partial charge in [0.1, 0.15) is 17.3 Å². The molecule has 1 aliphatic heterocycles. The first-order chi connectivity index (χ1) is 9.04. The van der Waals surface area contributed by atoms with Crippen LogP contribution in [0.1, 0.15) is 26.7 Å². The summed E-state index contributed by atoms with van der Waals surface area (Å²) in [5, 5.41) is 3.17. The van der Waals surface area contributed by atoms with Crippen LogP contribution in [-0.2, 0) is 10.0 Å². The highest BCUT2D eigenvalue weighted by molar-refractivity contribution is 7.89. The first kappa shape index (κ1) is 14.1. The number of rotatable bonds is 4. The molecule has 0 amide bonds. The Kier molecular flexibility index (Phi) is 4.31. The Hall–Kier alpha value is -1.27. The third kappa shape index (κ3) is 3.19. The minimum atomic E-state index is -3.53. The van der Waals surface area contributed by atoms with Gasteiger partial charge in [0.15, 0.2) is 0 Å². The predicted molar refractivity (Wildman–Crippen MR) is 75.1 cm³/mol. The molecule has 0 saturated heterocycles. The van der Waals surface area contributed by atoms with Crippen molar-refractivity contribution in [3.05, 3.63) is 18.2 Å². The summed E-state index contributed by atoms with van der Waals surface area (Å²) >= 11 is 0. The summed E-state index contributed by atoms with van der Waals surface area (Å²) in [4.78, 5) is 0.218. The molecule has 1 aromatic carbocycles. The van der Waals surface area contributed by atoms with Gasteiger partial charge in [0.05, 0.1) is 11.7 Å². The average molecular weight is 284 g/mol. The largest absolute Gasteiger partial charge is 0.490 e. The Labute approximate surface area is 114 Å².